The Labute approximate surface area is 104 Å². The third-order valence-corrected chi connectivity index (χ3v) is 2.58. The number of aryl methyl sites for hydroxylation is 1. The van der Waals surface area contributed by atoms with Crippen molar-refractivity contribution in [2.75, 3.05) is 23.7 Å². The first-order valence-electron chi connectivity index (χ1n) is 6.31. The summed E-state index contributed by atoms with van der Waals surface area (Å²) in [5.41, 5.74) is 3.88. The van der Waals surface area contributed by atoms with Crippen LogP contribution < -0.4 is 10.6 Å². The second kappa shape index (κ2) is 6.80. The average molecular weight is 231 g/mol. The third-order valence-electron chi connectivity index (χ3n) is 2.58. The Balaban J connectivity index is 3.20. The van der Waals surface area contributed by atoms with Gasteiger partial charge in [-0.3, -0.25) is 0 Å². The lowest BCUT2D eigenvalue weighted by Gasteiger charge is -2.14. The second-order valence-electron chi connectivity index (χ2n) is 3.99. The summed E-state index contributed by atoms with van der Waals surface area (Å²) in [6, 6.07) is 6.46. The number of anilines is 2. The van der Waals surface area contributed by atoms with E-state index in [1.165, 1.54) is 5.56 Å². The van der Waals surface area contributed by atoms with E-state index >= 15 is 0 Å². The third kappa shape index (κ3) is 3.39. The highest BCUT2D eigenvalue weighted by Crippen LogP contribution is 2.26. The molecule has 92 valence electrons. The van der Waals surface area contributed by atoms with Crippen LogP contribution in [0.15, 0.2) is 12.1 Å². The fourth-order valence-corrected chi connectivity index (χ4v) is 1.92. The molecule has 0 spiro atoms. The van der Waals surface area contributed by atoms with Crippen LogP contribution in [0, 0.1) is 11.3 Å². The van der Waals surface area contributed by atoms with Crippen LogP contribution in [0.4, 0.5) is 11.4 Å². The van der Waals surface area contributed by atoms with Gasteiger partial charge in [-0.1, -0.05) is 13.3 Å². The summed E-state index contributed by atoms with van der Waals surface area (Å²) in [4.78, 5) is 0. The Morgan fingerprint density at radius 2 is 1.59 bits per heavy atom. The van der Waals surface area contributed by atoms with E-state index in [1.54, 1.807) is 0 Å². The molecule has 0 aliphatic carbocycles. The maximum atomic E-state index is 9.24. The highest BCUT2D eigenvalue weighted by Gasteiger charge is 2.09. The van der Waals surface area contributed by atoms with E-state index in [2.05, 4.69) is 35.8 Å². The van der Waals surface area contributed by atoms with E-state index in [1.807, 2.05) is 13.8 Å². The molecule has 1 rings (SSSR count). The molecule has 1 aromatic carbocycles. The lowest BCUT2D eigenvalue weighted by molar-refractivity contribution is 0.921. The van der Waals surface area contributed by atoms with Gasteiger partial charge in [-0.25, -0.2) is 0 Å². The quantitative estimate of drug-likeness (QED) is 0.789. The Kier molecular flexibility index (Phi) is 5.35. The van der Waals surface area contributed by atoms with Gasteiger partial charge >= 0.3 is 0 Å². The minimum Gasteiger partial charge on any atom is -0.384 e. The smallest absolute Gasteiger partial charge is 0.104 e. The molecule has 2 N–H and O–H groups in total. The van der Waals surface area contributed by atoms with Crippen molar-refractivity contribution in [2.45, 2.75) is 33.6 Å². The van der Waals surface area contributed by atoms with Crippen LogP contribution >= 0.6 is 0 Å². The van der Waals surface area contributed by atoms with Gasteiger partial charge in [0.25, 0.3) is 0 Å². The van der Waals surface area contributed by atoms with Gasteiger partial charge in [0.15, 0.2) is 0 Å². The Morgan fingerprint density at radius 3 is 1.94 bits per heavy atom. The number of hydrogen-bond donors (Lipinski definition) is 2. The molecule has 0 saturated heterocycles. The molecule has 1 aromatic rings. The van der Waals surface area contributed by atoms with Crippen molar-refractivity contribution < 1.29 is 0 Å². The van der Waals surface area contributed by atoms with Gasteiger partial charge in [0.1, 0.15) is 6.07 Å². The predicted molar refractivity (Wildman–Crippen MR) is 73.5 cm³/mol. The lowest BCUT2D eigenvalue weighted by atomic mass is 10.0. The number of nitrogens with zero attached hydrogens (tertiary/aromatic N) is 1. The van der Waals surface area contributed by atoms with E-state index in [-0.39, 0.29) is 0 Å². The van der Waals surface area contributed by atoms with E-state index < -0.39 is 0 Å². The highest BCUT2D eigenvalue weighted by atomic mass is 14.9. The van der Waals surface area contributed by atoms with Gasteiger partial charge in [-0.2, -0.15) is 5.26 Å². The van der Waals surface area contributed by atoms with E-state index in [4.69, 9.17) is 0 Å². The molecule has 0 radical (unpaired) electrons. The summed E-state index contributed by atoms with van der Waals surface area (Å²) in [5.74, 6) is 0. The van der Waals surface area contributed by atoms with Gasteiger partial charge in [-0.15, -0.1) is 0 Å². The zero-order valence-corrected chi connectivity index (χ0v) is 10.9. The summed E-state index contributed by atoms with van der Waals surface area (Å²) < 4.78 is 0. The normalized spacial score (nSPS) is 9.76. The minimum absolute atomic E-state index is 0.716. The van der Waals surface area contributed by atoms with Crippen LogP contribution in [0.5, 0.6) is 0 Å². The molecule has 0 heterocycles. The number of nitrogens with one attached hydrogen (secondary N) is 2. The summed E-state index contributed by atoms with van der Waals surface area (Å²) >= 11 is 0. The molecule has 0 amide bonds. The van der Waals surface area contributed by atoms with Crippen molar-refractivity contribution in [1.82, 2.24) is 0 Å². The SMILES string of the molecule is CCCc1cc(NCC)c(C#N)c(NCC)c1. The molecule has 0 atom stereocenters. The number of rotatable bonds is 6. The molecule has 0 aliphatic heterocycles. The molecule has 3 nitrogen and oxygen atoms in total. The van der Waals surface area contributed by atoms with Gasteiger partial charge in [-0.05, 0) is 38.0 Å². The summed E-state index contributed by atoms with van der Waals surface area (Å²) in [6.45, 7) is 7.91. The first-order valence-corrected chi connectivity index (χ1v) is 6.31. The molecule has 0 fully saturated rings. The predicted octanol–water partition coefficient (Wildman–Crippen LogP) is 3.37. The van der Waals surface area contributed by atoms with E-state index in [9.17, 15) is 5.26 Å². The molecular weight excluding hydrogens is 210 g/mol. The molecule has 0 bridgehead atoms. The summed E-state index contributed by atoms with van der Waals surface area (Å²) in [5, 5.41) is 15.8. The zero-order valence-electron chi connectivity index (χ0n) is 10.9. The number of benzene rings is 1. The van der Waals surface area contributed by atoms with Crippen LogP contribution in [-0.4, -0.2) is 13.1 Å². The summed E-state index contributed by atoms with van der Waals surface area (Å²) in [6.07, 6.45) is 2.16. The molecular formula is C14H21N3. The molecule has 0 saturated carbocycles. The second-order valence-corrected chi connectivity index (χ2v) is 3.99. The topological polar surface area (TPSA) is 47.9 Å². The van der Waals surface area contributed by atoms with Crippen molar-refractivity contribution >= 4 is 11.4 Å². The fourth-order valence-electron chi connectivity index (χ4n) is 1.92. The van der Waals surface area contributed by atoms with Crippen LogP contribution in [0.1, 0.15) is 38.3 Å². The highest BCUT2D eigenvalue weighted by molar-refractivity contribution is 5.72. The van der Waals surface area contributed by atoms with Crippen LogP contribution in [0.2, 0.25) is 0 Å². The van der Waals surface area contributed by atoms with Crippen molar-refractivity contribution in [3.05, 3.63) is 23.3 Å². The van der Waals surface area contributed by atoms with Gasteiger partial charge in [0.2, 0.25) is 0 Å². The van der Waals surface area contributed by atoms with Crippen LogP contribution in [-0.2, 0) is 6.42 Å². The fraction of sp³-hybridized carbons (Fsp3) is 0.500. The first-order chi connectivity index (χ1) is 8.26. The molecule has 0 aromatic heterocycles. The Bertz CT molecular complexity index is 377. The first kappa shape index (κ1) is 13.4. The molecule has 0 aliphatic rings. The van der Waals surface area contributed by atoms with Gasteiger partial charge < -0.3 is 10.6 Å². The number of nitriles is 1. The van der Waals surface area contributed by atoms with Crippen molar-refractivity contribution in [2.24, 2.45) is 0 Å². The van der Waals surface area contributed by atoms with E-state index in [0.717, 1.165) is 37.3 Å². The monoisotopic (exact) mass is 231 g/mol. The maximum Gasteiger partial charge on any atom is 0.104 e. The average Bonchev–Trinajstić information content (AvgIpc) is 2.30. The minimum atomic E-state index is 0.716. The zero-order chi connectivity index (χ0) is 12.7. The largest absolute Gasteiger partial charge is 0.384 e. The van der Waals surface area contributed by atoms with Gasteiger partial charge in [0.05, 0.1) is 16.9 Å². The lowest BCUT2D eigenvalue weighted by Crippen LogP contribution is -2.06. The number of hydrogen-bond acceptors (Lipinski definition) is 3. The van der Waals surface area contributed by atoms with E-state index in [0.29, 0.717) is 5.56 Å². The Hall–Kier alpha value is -1.69. The van der Waals surface area contributed by atoms with Gasteiger partial charge in [0, 0.05) is 13.1 Å². The van der Waals surface area contributed by atoms with Crippen LogP contribution in [0.25, 0.3) is 0 Å². The van der Waals surface area contributed by atoms with Crippen molar-refractivity contribution in [3.8, 4) is 6.07 Å². The molecule has 3 heteroatoms. The van der Waals surface area contributed by atoms with Crippen molar-refractivity contribution in [1.29, 1.82) is 5.26 Å². The molecule has 17 heavy (non-hydrogen) atoms. The molecule has 0 unspecified atom stereocenters. The standard InChI is InChI=1S/C14H21N3/c1-4-7-11-8-13(16-5-2)12(10-15)14(9-11)17-6-3/h8-9,16-17H,4-7H2,1-3H3. The maximum absolute atomic E-state index is 9.24. The van der Waals surface area contributed by atoms with Crippen molar-refractivity contribution in [3.63, 3.8) is 0 Å². The Morgan fingerprint density at radius 1 is 1.06 bits per heavy atom. The summed E-state index contributed by atoms with van der Waals surface area (Å²) in [7, 11) is 0. The van der Waals surface area contributed by atoms with Crippen LogP contribution in [0.3, 0.4) is 0 Å².